The standard InChI is InChI=1S/C17H21N3O2/c1-20-8-6-17(7-9-20)13-10-11(15(21)18-12-3-4-12)2-5-14(13)19-16(17)22/h2,5,10,12H,3-4,6-9H2,1H3,(H,18,21)(H,19,22). The molecule has 0 aromatic heterocycles. The quantitative estimate of drug-likeness (QED) is 0.870. The molecule has 22 heavy (non-hydrogen) atoms. The third kappa shape index (κ3) is 2.11. The number of hydrogen-bond acceptors (Lipinski definition) is 3. The van der Waals surface area contributed by atoms with E-state index >= 15 is 0 Å². The Hall–Kier alpha value is -1.88. The van der Waals surface area contributed by atoms with Gasteiger partial charge in [-0.05, 0) is 69.6 Å². The summed E-state index contributed by atoms with van der Waals surface area (Å²) < 4.78 is 0. The molecule has 0 unspecified atom stereocenters. The second-order valence-corrected chi connectivity index (χ2v) is 6.85. The van der Waals surface area contributed by atoms with Crippen LogP contribution in [0.3, 0.4) is 0 Å². The molecule has 2 heterocycles. The van der Waals surface area contributed by atoms with Crippen molar-refractivity contribution in [1.29, 1.82) is 0 Å². The zero-order chi connectivity index (χ0) is 15.3. The summed E-state index contributed by atoms with van der Waals surface area (Å²) in [5.74, 6) is 0.0723. The Bertz CT molecular complexity index is 643. The number of likely N-dealkylation sites (tertiary alicyclic amines) is 1. The van der Waals surface area contributed by atoms with Crippen molar-refractivity contribution >= 4 is 17.5 Å². The lowest BCUT2D eigenvalue weighted by molar-refractivity contribution is -0.122. The summed E-state index contributed by atoms with van der Waals surface area (Å²) >= 11 is 0. The Balaban J connectivity index is 1.67. The zero-order valence-electron chi connectivity index (χ0n) is 12.8. The maximum atomic E-state index is 12.6. The van der Waals surface area contributed by atoms with Crippen LogP contribution in [0.1, 0.15) is 41.6 Å². The van der Waals surface area contributed by atoms with E-state index in [1.807, 2.05) is 18.2 Å². The lowest BCUT2D eigenvalue weighted by Gasteiger charge is -2.36. The van der Waals surface area contributed by atoms with Gasteiger partial charge >= 0.3 is 0 Å². The van der Waals surface area contributed by atoms with E-state index in [2.05, 4.69) is 22.6 Å². The molecule has 1 saturated carbocycles. The highest BCUT2D eigenvalue weighted by molar-refractivity contribution is 6.07. The van der Waals surface area contributed by atoms with Crippen molar-refractivity contribution in [3.05, 3.63) is 29.3 Å². The number of carbonyl (C=O) groups excluding carboxylic acids is 2. The van der Waals surface area contributed by atoms with E-state index in [1.165, 1.54) is 0 Å². The summed E-state index contributed by atoms with van der Waals surface area (Å²) in [7, 11) is 2.08. The van der Waals surface area contributed by atoms with Crippen LogP contribution in [0.15, 0.2) is 18.2 Å². The van der Waals surface area contributed by atoms with E-state index in [-0.39, 0.29) is 11.8 Å². The molecule has 0 bridgehead atoms. The first kappa shape index (κ1) is 13.8. The molecule has 1 spiro atoms. The van der Waals surface area contributed by atoms with Crippen LogP contribution in [-0.4, -0.2) is 42.9 Å². The molecule has 5 heteroatoms. The van der Waals surface area contributed by atoms with Gasteiger partial charge in [-0.25, -0.2) is 0 Å². The lowest BCUT2D eigenvalue weighted by atomic mass is 9.73. The van der Waals surface area contributed by atoms with Gasteiger partial charge in [0.1, 0.15) is 0 Å². The Kier molecular flexibility index (Phi) is 3.01. The number of anilines is 1. The number of fused-ring (bicyclic) bond motifs is 2. The first-order chi connectivity index (χ1) is 10.6. The van der Waals surface area contributed by atoms with E-state index in [9.17, 15) is 9.59 Å². The Morgan fingerprint density at radius 2 is 2.05 bits per heavy atom. The van der Waals surface area contributed by atoms with Gasteiger partial charge in [-0.1, -0.05) is 0 Å². The van der Waals surface area contributed by atoms with E-state index in [1.54, 1.807) is 0 Å². The van der Waals surface area contributed by atoms with Gasteiger partial charge in [-0.2, -0.15) is 0 Å². The molecule has 1 aromatic rings. The highest BCUT2D eigenvalue weighted by Crippen LogP contribution is 2.45. The highest BCUT2D eigenvalue weighted by atomic mass is 16.2. The van der Waals surface area contributed by atoms with E-state index in [0.29, 0.717) is 11.6 Å². The molecular weight excluding hydrogens is 278 g/mol. The molecule has 4 rings (SSSR count). The number of nitrogens with zero attached hydrogens (tertiary/aromatic N) is 1. The lowest BCUT2D eigenvalue weighted by Crippen LogP contribution is -2.45. The molecule has 1 aliphatic carbocycles. The van der Waals surface area contributed by atoms with Crippen molar-refractivity contribution in [1.82, 2.24) is 10.2 Å². The zero-order valence-corrected chi connectivity index (χ0v) is 12.8. The van der Waals surface area contributed by atoms with Crippen molar-refractivity contribution in [2.45, 2.75) is 37.1 Å². The van der Waals surface area contributed by atoms with Crippen molar-refractivity contribution in [2.75, 3.05) is 25.5 Å². The molecule has 3 aliphatic rings. The number of benzene rings is 1. The van der Waals surface area contributed by atoms with E-state index in [4.69, 9.17) is 0 Å². The van der Waals surface area contributed by atoms with Crippen molar-refractivity contribution in [3.63, 3.8) is 0 Å². The van der Waals surface area contributed by atoms with Crippen LogP contribution < -0.4 is 10.6 Å². The molecular formula is C17H21N3O2. The molecule has 0 atom stereocenters. The SMILES string of the molecule is CN1CCC2(CC1)C(=O)Nc1ccc(C(=O)NC3CC3)cc12. The van der Waals surface area contributed by atoms with Crippen molar-refractivity contribution in [3.8, 4) is 0 Å². The molecule has 1 aromatic carbocycles. The van der Waals surface area contributed by atoms with Crippen LogP contribution in [-0.2, 0) is 10.2 Å². The molecule has 1 saturated heterocycles. The van der Waals surface area contributed by atoms with Crippen LogP contribution in [0.4, 0.5) is 5.69 Å². The van der Waals surface area contributed by atoms with Gasteiger partial charge in [-0.15, -0.1) is 0 Å². The van der Waals surface area contributed by atoms with Gasteiger partial charge in [0.05, 0.1) is 5.41 Å². The molecule has 2 N–H and O–H groups in total. The van der Waals surface area contributed by atoms with E-state index in [0.717, 1.165) is 50.0 Å². The minimum atomic E-state index is -0.447. The Labute approximate surface area is 130 Å². The fraction of sp³-hybridized carbons (Fsp3) is 0.529. The minimum absolute atomic E-state index is 0.0206. The number of rotatable bonds is 2. The van der Waals surface area contributed by atoms with Gasteiger partial charge < -0.3 is 15.5 Å². The predicted octanol–water partition coefficient (Wildman–Crippen LogP) is 1.49. The number of carbonyl (C=O) groups is 2. The molecule has 2 fully saturated rings. The summed E-state index contributed by atoms with van der Waals surface area (Å²) in [5.41, 5.74) is 2.10. The molecule has 2 aliphatic heterocycles. The molecule has 0 radical (unpaired) electrons. The summed E-state index contributed by atoms with van der Waals surface area (Å²) in [4.78, 5) is 27.1. The van der Waals surface area contributed by atoms with Gasteiger partial charge in [0, 0.05) is 17.3 Å². The summed E-state index contributed by atoms with van der Waals surface area (Å²) in [6.07, 6.45) is 3.78. The predicted molar refractivity (Wildman–Crippen MR) is 84.0 cm³/mol. The summed E-state index contributed by atoms with van der Waals surface area (Å²) in [5, 5.41) is 6.02. The third-order valence-corrected chi connectivity index (χ3v) is 5.23. The Morgan fingerprint density at radius 3 is 2.73 bits per heavy atom. The van der Waals surface area contributed by atoms with Gasteiger partial charge in [0.25, 0.3) is 5.91 Å². The average Bonchev–Trinajstić information content (AvgIpc) is 3.28. The van der Waals surface area contributed by atoms with Crippen LogP contribution in [0.5, 0.6) is 0 Å². The number of amides is 2. The van der Waals surface area contributed by atoms with Gasteiger partial charge in [0.15, 0.2) is 0 Å². The maximum absolute atomic E-state index is 12.6. The van der Waals surface area contributed by atoms with Gasteiger partial charge in [0.2, 0.25) is 5.91 Å². The number of nitrogens with one attached hydrogen (secondary N) is 2. The minimum Gasteiger partial charge on any atom is -0.349 e. The molecule has 5 nitrogen and oxygen atoms in total. The second-order valence-electron chi connectivity index (χ2n) is 6.85. The van der Waals surface area contributed by atoms with Gasteiger partial charge in [-0.3, -0.25) is 9.59 Å². The Morgan fingerprint density at radius 1 is 1.32 bits per heavy atom. The highest BCUT2D eigenvalue weighted by Gasteiger charge is 2.48. The van der Waals surface area contributed by atoms with Crippen LogP contribution in [0, 0.1) is 0 Å². The van der Waals surface area contributed by atoms with E-state index < -0.39 is 5.41 Å². The number of hydrogen-bond donors (Lipinski definition) is 2. The topological polar surface area (TPSA) is 61.4 Å². The van der Waals surface area contributed by atoms with Crippen molar-refractivity contribution < 1.29 is 9.59 Å². The molecule has 2 amide bonds. The fourth-order valence-corrected chi connectivity index (χ4v) is 3.55. The van der Waals surface area contributed by atoms with Crippen LogP contribution >= 0.6 is 0 Å². The second kappa shape index (κ2) is 4.81. The monoisotopic (exact) mass is 299 g/mol. The maximum Gasteiger partial charge on any atom is 0.251 e. The van der Waals surface area contributed by atoms with Crippen molar-refractivity contribution in [2.24, 2.45) is 0 Å². The summed E-state index contributed by atoms with van der Waals surface area (Å²) in [6, 6.07) is 5.96. The smallest absolute Gasteiger partial charge is 0.251 e. The molecule has 116 valence electrons. The first-order valence-corrected chi connectivity index (χ1v) is 8.04. The summed E-state index contributed by atoms with van der Waals surface area (Å²) in [6.45, 7) is 1.82. The normalized spacial score (nSPS) is 23.2. The third-order valence-electron chi connectivity index (χ3n) is 5.23. The first-order valence-electron chi connectivity index (χ1n) is 8.04. The fourth-order valence-electron chi connectivity index (χ4n) is 3.55. The largest absolute Gasteiger partial charge is 0.349 e. The average molecular weight is 299 g/mol. The van der Waals surface area contributed by atoms with Crippen LogP contribution in [0.2, 0.25) is 0 Å². The number of piperidine rings is 1. The van der Waals surface area contributed by atoms with Crippen LogP contribution in [0.25, 0.3) is 0 Å².